The van der Waals surface area contributed by atoms with E-state index in [0.29, 0.717) is 12.0 Å². The van der Waals surface area contributed by atoms with Crippen molar-refractivity contribution in [2.45, 2.75) is 51.6 Å². The first kappa shape index (κ1) is 27.4. The summed E-state index contributed by atoms with van der Waals surface area (Å²) in [6.07, 6.45) is 4.89. The summed E-state index contributed by atoms with van der Waals surface area (Å²) in [6.45, 7) is 1.67. The fourth-order valence-corrected chi connectivity index (χ4v) is 2.40. The molecule has 0 aromatic heterocycles. The Morgan fingerprint density at radius 2 is 1.63 bits per heavy atom. The van der Waals surface area contributed by atoms with Gasteiger partial charge in [-0.1, -0.05) is 62.9 Å². The van der Waals surface area contributed by atoms with E-state index in [9.17, 15) is 9.59 Å². The van der Waals surface area contributed by atoms with Crippen LogP contribution in [0.25, 0.3) is 5.76 Å². The number of benzene rings is 1. The highest BCUT2D eigenvalue weighted by molar-refractivity contribution is 5.92. The van der Waals surface area contributed by atoms with Gasteiger partial charge in [-0.3, -0.25) is 4.79 Å². The Balaban J connectivity index is 0.000000561. The number of hydrogen-bond acceptors (Lipinski definition) is 7. The number of unbranched alkanes of at least 4 members (excludes halogenated alkanes) is 4. The molecule has 0 heterocycles. The van der Waals surface area contributed by atoms with Crippen LogP contribution in [0.4, 0.5) is 0 Å². The molecule has 3 N–H and O–H groups in total. The van der Waals surface area contributed by atoms with Crippen LogP contribution < -0.4 is 0 Å². The van der Waals surface area contributed by atoms with Crippen LogP contribution in [0.15, 0.2) is 36.1 Å². The lowest BCUT2D eigenvalue weighted by Crippen LogP contribution is -2.21. The third kappa shape index (κ3) is 12.1. The van der Waals surface area contributed by atoms with Crippen LogP contribution in [0.2, 0.25) is 0 Å². The molecular formula is C22H34O8. The van der Waals surface area contributed by atoms with E-state index in [-0.39, 0.29) is 30.7 Å². The van der Waals surface area contributed by atoms with E-state index in [4.69, 9.17) is 29.5 Å². The number of hydrogen-bond donors (Lipinski definition) is 3. The zero-order chi connectivity index (χ0) is 22.8. The van der Waals surface area contributed by atoms with E-state index < -0.39 is 12.1 Å². The molecule has 1 aromatic carbocycles. The summed E-state index contributed by atoms with van der Waals surface area (Å²) in [5.74, 6) is -1.44. The van der Waals surface area contributed by atoms with E-state index in [1.54, 1.807) is 24.3 Å². The Labute approximate surface area is 178 Å². The number of aliphatic hydroxyl groups excluding tert-OH is 2. The SMILES string of the molecule is CCCCCCCC(=O)OCC(O)CO.COC(C(=O)O)=C(OC)c1ccccc1. The second-order valence-electron chi connectivity index (χ2n) is 6.42. The predicted molar refractivity (Wildman–Crippen MR) is 112 cm³/mol. The van der Waals surface area contributed by atoms with Gasteiger partial charge in [0.25, 0.3) is 0 Å². The number of esters is 1. The second kappa shape index (κ2) is 17.3. The first-order chi connectivity index (χ1) is 14.4. The lowest BCUT2D eigenvalue weighted by atomic mass is 10.1. The van der Waals surface area contributed by atoms with Crippen molar-refractivity contribution in [1.82, 2.24) is 0 Å². The molecule has 170 valence electrons. The highest BCUT2D eigenvalue weighted by atomic mass is 16.5. The number of aliphatic hydroxyl groups is 2. The molecule has 0 saturated carbocycles. The maximum absolute atomic E-state index is 11.1. The molecule has 1 unspecified atom stereocenters. The standard InChI is InChI=1S/C11H12O4.C11H22O4/c1-14-9(10(15-2)11(12)13)8-6-4-3-5-7-8;1-2-3-4-5-6-7-11(14)15-9-10(13)8-12/h3-7H,1-2H3,(H,12,13);10,12-13H,2-9H2,1H3. The number of carboxylic acid groups (broad SMARTS) is 1. The minimum absolute atomic E-state index is 0.107. The number of ether oxygens (including phenoxy) is 3. The number of rotatable bonds is 13. The number of carbonyl (C=O) groups is 2. The smallest absolute Gasteiger partial charge is 0.375 e. The van der Waals surface area contributed by atoms with Crippen LogP contribution >= 0.6 is 0 Å². The van der Waals surface area contributed by atoms with Gasteiger partial charge >= 0.3 is 11.9 Å². The summed E-state index contributed by atoms with van der Waals surface area (Å²) < 4.78 is 14.6. The largest absolute Gasteiger partial charge is 0.492 e. The summed E-state index contributed by atoms with van der Waals surface area (Å²) >= 11 is 0. The maximum atomic E-state index is 11.1. The average molecular weight is 427 g/mol. The fraction of sp³-hybridized carbons (Fsp3) is 0.545. The monoisotopic (exact) mass is 426 g/mol. The molecule has 0 saturated heterocycles. The lowest BCUT2D eigenvalue weighted by molar-refractivity contribution is -0.147. The number of methoxy groups -OCH3 is 2. The van der Waals surface area contributed by atoms with Gasteiger partial charge in [0.1, 0.15) is 12.7 Å². The summed E-state index contributed by atoms with van der Waals surface area (Å²) in [7, 11) is 2.70. The molecule has 0 aliphatic carbocycles. The van der Waals surface area contributed by atoms with Gasteiger partial charge in [-0.15, -0.1) is 0 Å². The molecule has 1 atom stereocenters. The number of carboxylic acids is 1. The van der Waals surface area contributed by atoms with Crippen molar-refractivity contribution >= 4 is 17.7 Å². The highest BCUT2D eigenvalue weighted by Crippen LogP contribution is 2.19. The Morgan fingerprint density at radius 3 is 2.13 bits per heavy atom. The third-order valence-electron chi connectivity index (χ3n) is 3.98. The van der Waals surface area contributed by atoms with Crippen LogP contribution in [0.5, 0.6) is 0 Å². The van der Waals surface area contributed by atoms with Crippen LogP contribution in [-0.2, 0) is 23.8 Å². The van der Waals surface area contributed by atoms with Crippen molar-refractivity contribution in [3.8, 4) is 0 Å². The predicted octanol–water partition coefficient (Wildman–Crippen LogP) is 2.98. The van der Waals surface area contributed by atoms with Crippen molar-refractivity contribution in [2.75, 3.05) is 27.4 Å². The van der Waals surface area contributed by atoms with E-state index in [1.165, 1.54) is 27.1 Å². The summed E-state index contributed by atoms with van der Waals surface area (Å²) in [4.78, 5) is 21.9. The first-order valence-electron chi connectivity index (χ1n) is 9.96. The molecule has 8 heteroatoms. The summed E-state index contributed by atoms with van der Waals surface area (Å²) in [5.41, 5.74) is 0.666. The molecular weight excluding hydrogens is 392 g/mol. The normalized spacial score (nSPS) is 12.0. The summed E-state index contributed by atoms with van der Waals surface area (Å²) in [6, 6.07) is 8.93. The van der Waals surface area contributed by atoms with E-state index in [0.717, 1.165) is 19.3 Å². The van der Waals surface area contributed by atoms with Gasteiger partial charge in [0.15, 0.2) is 5.76 Å². The van der Waals surface area contributed by atoms with Crippen LogP contribution in [0.1, 0.15) is 51.0 Å². The average Bonchev–Trinajstić information content (AvgIpc) is 2.76. The van der Waals surface area contributed by atoms with Gasteiger partial charge < -0.3 is 29.5 Å². The molecule has 1 rings (SSSR count). The van der Waals surface area contributed by atoms with Crippen molar-refractivity contribution < 1.29 is 39.1 Å². The Kier molecular flexibility index (Phi) is 15.8. The quantitative estimate of drug-likeness (QED) is 0.190. The maximum Gasteiger partial charge on any atom is 0.375 e. The molecule has 0 amide bonds. The van der Waals surface area contributed by atoms with Gasteiger partial charge in [0.2, 0.25) is 5.76 Å². The number of carbonyl (C=O) groups excluding carboxylic acids is 1. The van der Waals surface area contributed by atoms with E-state index in [2.05, 4.69) is 6.92 Å². The third-order valence-corrected chi connectivity index (χ3v) is 3.98. The molecule has 0 bridgehead atoms. The fourth-order valence-electron chi connectivity index (χ4n) is 2.40. The summed E-state index contributed by atoms with van der Waals surface area (Å²) in [5, 5.41) is 26.3. The van der Waals surface area contributed by atoms with E-state index >= 15 is 0 Å². The molecule has 0 aliphatic rings. The van der Waals surface area contributed by atoms with Gasteiger partial charge in [0.05, 0.1) is 20.8 Å². The number of aliphatic carboxylic acids is 1. The molecule has 0 aliphatic heterocycles. The van der Waals surface area contributed by atoms with Gasteiger partial charge in [0, 0.05) is 12.0 Å². The van der Waals surface area contributed by atoms with Crippen molar-refractivity contribution in [3.63, 3.8) is 0 Å². The highest BCUT2D eigenvalue weighted by Gasteiger charge is 2.17. The van der Waals surface area contributed by atoms with Crippen LogP contribution in [0, 0.1) is 0 Å². The topological polar surface area (TPSA) is 123 Å². The molecule has 0 fully saturated rings. The first-order valence-corrected chi connectivity index (χ1v) is 9.96. The lowest BCUT2D eigenvalue weighted by Gasteiger charge is -2.09. The molecule has 30 heavy (non-hydrogen) atoms. The minimum Gasteiger partial charge on any atom is -0.492 e. The zero-order valence-electron chi connectivity index (χ0n) is 18.0. The van der Waals surface area contributed by atoms with Gasteiger partial charge in [-0.05, 0) is 6.42 Å². The Bertz CT molecular complexity index is 627. The Hall–Kier alpha value is -2.58. The van der Waals surface area contributed by atoms with Crippen molar-refractivity contribution in [1.29, 1.82) is 0 Å². The molecule has 0 spiro atoms. The minimum atomic E-state index is -1.15. The molecule has 0 radical (unpaired) electrons. The molecule has 8 nitrogen and oxygen atoms in total. The Morgan fingerprint density at radius 1 is 1.00 bits per heavy atom. The van der Waals surface area contributed by atoms with Gasteiger partial charge in [-0.25, -0.2) is 4.79 Å². The van der Waals surface area contributed by atoms with Gasteiger partial charge in [-0.2, -0.15) is 0 Å². The zero-order valence-corrected chi connectivity index (χ0v) is 18.0. The van der Waals surface area contributed by atoms with Crippen molar-refractivity contribution in [3.05, 3.63) is 41.7 Å². The van der Waals surface area contributed by atoms with Crippen LogP contribution in [0.3, 0.4) is 0 Å². The van der Waals surface area contributed by atoms with Crippen molar-refractivity contribution in [2.24, 2.45) is 0 Å². The van der Waals surface area contributed by atoms with E-state index in [1.807, 2.05) is 6.07 Å². The van der Waals surface area contributed by atoms with Crippen LogP contribution in [-0.4, -0.2) is 60.8 Å². The second-order valence-corrected chi connectivity index (χ2v) is 6.42. The molecule has 1 aromatic rings.